The summed E-state index contributed by atoms with van der Waals surface area (Å²) < 4.78 is 25.4. The summed E-state index contributed by atoms with van der Waals surface area (Å²) in [6, 6.07) is 2.16. The fraction of sp³-hybridized carbons (Fsp3) is 0.125. The molecule has 4 heteroatoms. The lowest BCUT2D eigenvalue weighted by molar-refractivity contribution is -0.107. The standard InChI is InChI=1S/C8H7F2NO/c9-6-1-2-7(11)5(3-4-12)8(6)10/h1-2,4H,3,11H2. The van der Waals surface area contributed by atoms with Crippen LogP contribution in [0.1, 0.15) is 5.56 Å². The van der Waals surface area contributed by atoms with Gasteiger partial charge < -0.3 is 10.5 Å². The summed E-state index contributed by atoms with van der Waals surface area (Å²) in [7, 11) is 0. The highest BCUT2D eigenvalue weighted by Gasteiger charge is 2.10. The number of carbonyl (C=O) groups excluding carboxylic acids is 1. The number of hydrogen-bond acceptors (Lipinski definition) is 2. The third-order valence-corrected chi connectivity index (χ3v) is 1.52. The van der Waals surface area contributed by atoms with Gasteiger partial charge in [-0.15, -0.1) is 0 Å². The average molecular weight is 171 g/mol. The molecule has 2 N–H and O–H groups in total. The fourth-order valence-corrected chi connectivity index (χ4v) is 0.898. The van der Waals surface area contributed by atoms with Gasteiger partial charge in [0.05, 0.1) is 0 Å². The largest absolute Gasteiger partial charge is 0.398 e. The molecule has 0 aliphatic heterocycles. The summed E-state index contributed by atoms with van der Waals surface area (Å²) >= 11 is 0. The summed E-state index contributed by atoms with van der Waals surface area (Å²) in [6.07, 6.45) is 0.281. The molecule has 0 saturated carbocycles. The first-order valence-electron chi connectivity index (χ1n) is 3.32. The molecular weight excluding hydrogens is 164 g/mol. The number of halogens is 2. The molecule has 0 aromatic heterocycles. The summed E-state index contributed by atoms with van der Waals surface area (Å²) in [6.45, 7) is 0. The van der Waals surface area contributed by atoms with Crippen LogP contribution in [-0.2, 0) is 11.2 Å². The second kappa shape index (κ2) is 3.30. The SMILES string of the molecule is Nc1ccc(F)c(F)c1CC=O. The first-order valence-corrected chi connectivity index (χ1v) is 3.32. The number of anilines is 1. The van der Waals surface area contributed by atoms with Crippen LogP contribution in [0, 0.1) is 11.6 Å². The van der Waals surface area contributed by atoms with E-state index in [1.165, 1.54) is 6.07 Å². The maximum atomic E-state index is 12.8. The lowest BCUT2D eigenvalue weighted by Gasteiger charge is -2.03. The number of carbonyl (C=O) groups is 1. The molecule has 0 atom stereocenters. The molecule has 0 saturated heterocycles. The molecule has 0 heterocycles. The molecule has 1 aromatic rings. The first kappa shape index (κ1) is 8.64. The van der Waals surface area contributed by atoms with Crippen molar-refractivity contribution in [3.63, 3.8) is 0 Å². The number of nitrogen functional groups attached to an aromatic ring is 1. The Labute approximate surface area is 68.0 Å². The van der Waals surface area contributed by atoms with Crippen molar-refractivity contribution < 1.29 is 13.6 Å². The molecule has 0 bridgehead atoms. The van der Waals surface area contributed by atoms with Gasteiger partial charge in [0.1, 0.15) is 6.29 Å². The van der Waals surface area contributed by atoms with Crippen LogP contribution in [-0.4, -0.2) is 6.29 Å². The predicted octanol–water partition coefficient (Wildman–Crippen LogP) is 1.29. The second-order valence-corrected chi connectivity index (χ2v) is 2.30. The number of benzene rings is 1. The number of rotatable bonds is 2. The Kier molecular flexibility index (Phi) is 2.38. The minimum atomic E-state index is -1.04. The van der Waals surface area contributed by atoms with Crippen LogP contribution in [0.2, 0.25) is 0 Å². The van der Waals surface area contributed by atoms with Gasteiger partial charge in [0.15, 0.2) is 11.6 Å². The fourth-order valence-electron chi connectivity index (χ4n) is 0.898. The van der Waals surface area contributed by atoms with Gasteiger partial charge in [0.2, 0.25) is 0 Å². The molecule has 12 heavy (non-hydrogen) atoms. The summed E-state index contributed by atoms with van der Waals surface area (Å²) in [5.41, 5.74) is 5.33. The average Bonchev–Trinajstić information content (AvgIpc) is 2.06. The van der Waals surface area contributed by atoms with E-state index in [1.54, 1.807) is 0 Å². The van der Waals surface area contributed by atoms with Crippen molar-refractivity contribution in [3.05, 3.63) is 29.3 Å². The Balaban J connectivity index is 3.22. The van der Waals surface area contributed by atoms with E-state index < -0.39 is 11.6 Å². The van der Waals surface area contributed by atoms with Crippen molar-refractivity contribution in [3.8, 4) is 0 Å². The third-order valence-electron chi connectivity index (χ3n) is 1.52. The van der Waals surface area contributed by atoms with Crippen molar-refractivity contribution in [1.29, 1.82) is 0 Å². The summed E-state index contributed by atoms with van der Waals surface area (Å²) in [5, 5.41) is 0. The lowest BCUT2D eigenvalue weighted by Crippen LogP contribution is -2.01. The molecule has 0 amide bonds. The lowest BCUT2D eigenvalue weighted by atomic mass is 10.1. The summed E-state index contributed by atoms with van der Waals surface area (Å²) in [5.74, 6) is -2.02. The van der Waals surface area contributed by atoms with Crippen LogP contribution >= 0.6 is 0 Å². The minimum Gasteiger partial charge on any atom is -0.398 e. The van der Waals surface area contributed by atoms with Crippen molar-refractivity contribution in [2.75, 3.05) is 5.73 Å². The van der Waals surface area contributed by atoms with E-state index in [-0.39, 0.29) is 17.7 Å². The van der Waals surface area contributed by atoms with E-state index in [4.69, 9.17) is 5.73 Å². The third kappa shape index (κ3) is 1.42. The van der Waals surface area contributed by atoms with Gasteiger partial charge >= 0.3 is 0 Å². The van der Waals surface area contributed by atoms with Crippen molar-refractivity contribution in [1.82, 2.24) is 0 Å². The van der Waals surface area contributed by atoms with Crippen LogP contribution in [0.5, 0.6) is 0 Å². The zero-order chi connectivity index (χ0) is 9.14. The van der Waals surface area contributed by atoms with Crippen molar-refractivity contribution >= 4 is 12.0 Å². The van der Waals surface area contributed by atoms with E-state index >= 15 is 0 Å². The number of hydrogen-bond donors (Lipinski definition) is 1. The number of aldehydes is 1. The highest BCUT2D eigenvalue weighted by Crippen LogP contribution is 2.18. The maximum absolute atomic E-state index is 12.8. The van der Waals surface area contributed by atoms with Gasteiger partial charge in [0, 0.05) is 17.7 Å². The highest BCUT2D eigenvalue weighted by atomic mass is 19.2. The predicted molar refractivity (Wildman–Crippen MR) is 40.5 cm³/mol. The van der Waals surface area contributed by atoms with Gasteiger partial charge in [-0.05, 0) is 12.1 Å². The second-order valence-electron chi connectivity index (χ2n) is 2.30. The van der Waals surface area contributed by atoms with Crippen LogP contribution in [0.25, 0.3) is 0 Å². The van der Waals surface area contributed by atoms with Crippen LogP contribution in [0.15, 0.2) is 12.1 Å². The Hall–Kier alpha value is -1.45. The van der Waals surface area contributed by atoms with E-state index in [0.717, 1.165) is 6.07 Å². The molecular formula is C8H7F2NO. The smallest absolute Gasteiger partial charge is 0.164 e. The normalized spacial score (nSPS) is 9.83. The van der Waals surface area contributed by atoms with Gasteiger partial charge in [-0.25, -0.2) is 8.78 Å². The monoisotopic (exact) mass is 171 g/mol. The van der Waals surface area contributed by atoms with Gasteiger partial charge in [0.25, 0.3) is 0 Å². The zero-order valence-electron chi connectivity index (χ0n) is 6.18. The molecule has 0 aliphatic carbocycles. The van der Waals surface area contributed by atoms with Gasteiger partial charge in [-0.3, -0.25) is 0 Å². The van der Waals surface area contributed by atoms with Crippen molar-refractivity contribution in [2.45, 2.75) is 6.42 Å². The number of nitrogens with two attached hydrogens (primary N) is 1. The molecule has 1 rings (SSSR count). The molecule has 1 aromatic carbocycles. The Bertz CT molecular complexity index is 312. The maximum Gasteiger partial charge on any atom is 0.164 e. The van der Waals surface area contributed by atoms with Crippen LogP contribution in [0.3, 0.4) is 0 Å². The molecule has 0 unspecified atom stereocenters. The molecule has 0 radical (unpaired) electrons. The van der Waals surface area contributed by atoms with Crippen LogP contribution < -0.4 is 5.73 Å². The molecule has 2 nitrogen and oxygen atoms in total. The molecule has 0 fully saturated rings. The van der Waals surface area contributed by atoms with Crippen molar-refractivity contribution in [2.24, 2.45) is 0 Å². The first-order chi connectivity index (χ1) is 5.66. The molecule has 0 aliphatic rings. The minimum absolute atomic E-state index is 0.0787. The Morgan fingerprint density at radius 2 is 2.08 bits per heavy atom. The molecule has 0 spiro atoms. The summed E-state index contributed by atoms with van der Waals surface area (Å²) in [4.78, 5) is 10.0. The topological polar surface area (TPSA) is 43.1 Å². The Morgan fingerprint density at radius 1 is 1.42 bits per heavy atom. The highest BCUT2D eigenvalue weighted by molar-refractivity contribution is 5.61. The van der Waals surface area contributed by atoms with E-state index in [1.807, 2.05) is 0 Å². The van der Waals surface area contributed by atoms with E-state index in [9.17, 15) is 13.6 Å². The molecule has 64 valence electrons. The van der Waals surface area contributed by atoms with E-state index in [0.29, 0.717) is 6.29 Å². The van der Waals surface area contributed by atoms with E-state index in [2.05, 4.69) is 0 Å². The Morgan fingerprint density at radius 3 is 2.67 bits per heavy atom. The quantitative estimate of drug-likeness (QED) is 0.538. The van der Waals surface area contributed by atoms with Gasteiger partial charge in [-0.1, -0.05) is 0 Å². The van der Waals surface area contributed by atoms with Gasteiger partial charge in [-0.2, -0.15) is 0 Å². The zero-order valence-corrected chi connectivity index (χ0v) is 6.18. The van der Waals surface area contributed by atoms with Crippen LogP contribution in [0.4, 0.5) is 14.5 Å².